The lowest BCUT2D eigenvalue weighted by atomic mass is 10.2. The number of benzene rings is 3. The zero-order valence-corrected chi connectivity index (χ0v) is 18.6. The lowest BCUT2D eigenvalue weighted by molar-refractivity contribution is -0.118. The summed E-state index contributed by atoms with van der Waals surface area (Å²) >= 11 is 9.69. The monoisotopic (exact) mass is 472 g/mol. The summed E-state index contributed by atoms with van der Waals surface area (Å²) in [7, 11) is 0. The maximum Gasteiger partial charge on any atom is 0.262 e. The van der Waals surface area contributed by atoms with Gasteiger partial charge in [0.2, 0.25) is 0 Å². The number of hydrogen-bond acceptors (Lipinski definition) is 3. The van der Waals surface area contributed by atoms with E-state index in [4.69, 9.17) is 16.3 Å². The van der Waals surface area contributed by atoms with E-state index in [1.165, 1.54) is 0 Å². The van der Waals surface area contributed by atoms with Crippen LogP contribution in [0, 0.1) is 13.8 Å². The standard InChI is InChI=1S/C23H22BrClN2O2/c1-15-3-7-19(8-4-15)27-23(28)14-29-22-10-6-18(24)11-17(22)13-26-20-9-5-16(2)21(25)12-20/h3-12,26H,13-14H2,1-2H3,(H,27,28). The van der Waals surface area contributed by atoms with Gasteiger partial charge in [-0.05, 0) is 61.9 Å². The number of halogens is 2. The lowest BCUT2D eigenvalue weighted by Gasteiger charge is -2.14. The van der Waals surface area contributed by atoms with Gasteiger partial charge in [0, 0.05) is 33.0 Å². The Labute approximate surface area is 184 Å². The first kappa shape index (κ1) is 21.2. The highest BCUT2D eigenvalue weighted by Crippen LogP contribution is 2.26. The highest BCUT2D eigenvalue weighted by Gasteiger charge is 2.09. The van der Waals surface area contributed by atoms with Gasteiger partial charge in [0.05, 0.1) is 0 Å². The minimum Gasteiger partial charge on any atom is -0.483 e. The molecule has 150 valence electrons. The smallest absolute Gasteiger partial charge is 0.262 e. The van der Waals surface area contributed by atoms with Gasteiger partial charge in [-0.2, -0.15) is 0 Å². The third-order valence-corrected chi connectivity index (χ3v) is 5.27. The predicted octanol–water partition coefficient (Wildman–Crippen LogP) is 6.35. The van der Waals surface area contributed by atoms with E-state index in [-0.39, 0.29) is 12.5 Å². The fourth-order valence-electron chi connectivity index (χ4n) is 2.70. The Morgan fingerprint density at radius 2 is 1.72 bits per heavy atom. The van der Waals surface area contributed by atoms with E-state index in [1.54, 1.807) is 0 Å². The molecular formula is C23H22BrClN2O2. The number of carbonyl (C=O) groups excluding carboxylic acids is 1. The van der Waals surface area contributed by atoms with Crippen LogP contribution in [0.4, 0.5) is 11.4 Å². The van der Waals surface area contributed by atoms with E-state index >= 15 is 0 Å². The minimum atomic E-state index is -0.207. The van der Waals surface area contributed by atoms with Gasteiger partial charge < -0.3 is 15.4 Å². The molecule has 0 bridgehead atoms. The number of rotatable bonds is 7. The van der Waals surface area contributed by atoms with Crippen LogP contribution in [0.5, 0.6) is 5.75 Å². The Bertz CT molecular complexity index is 1010. The highest BCUT2D eigenvalue weighted by molar-refractivity contribution is 9.10. The van der Waals surface area contributed by atoms with Crippen molar-refractivity contribution < 1.29 is 9.53 Å². The van der Waals surface area contributed by atoms with Crippen molar-refractivity contribution in [2.45, 2.75) is 20.4 Å². The first-order chi connectivity index (χ1) is 13.9. The van der Waals surface area contributed by atoms with Crippen molar-refractivity contribution in [3.8, 4) is 5.75 Å². The number of amides is 1. The molecule has 0 saturated heterocycles. The molecule has 3 aromatic carbocycles. The fraction of sp³-hybridized carbons (Fsp3) is 0.174. The van der Waals surface area contributed by atoms with Crippen LogP contribution in [0.15, 0.2) is 65.1 Å². The molecule has 29 heavy (non-hydrogen) atoms. The van der Waals surface area contributed by atoms with Crippen LogP contribution in [0.25, 0.3) is 0 Å². The van der Waals surface area contributed by atoms with Crippen LogP contribution >= 0.6 is 27.5 Å². The van der Waals surface area contributed by atoms with Gasteiger partial charge in [-0.1, -0.05) is 51.3 Å². The largest absolute Gasteiger partial charge is 0.483 e. The minimum absolute atomic E-state index is 0.0706. The normalized spacial score (nSPS) is 10.5. The Morgan fingerprint density at radius 1 is 1.00 bits per heavy atom. The van der Waals surface area contributed by atoms with Gasteiger partial charge in [-0.15, -0.1) is 0 Å². The second-order valence-corrected chi connectivity index (χ2v) is 8.10. The Morgan fingerprint density at radius 3 is 2.45 bits per heavy atom. The van der Waals surface area contributed by atoms with Crippen molar-refractivity contribution in [3.63, 3.8) is 0 Å². The van der Waals surface area contributed by atoms with Gasteiger partial charge in [0.1, 0.15) is 5.75 Å². The molecule has 6 heteroatoms. The van der Waals surface area contributed by atoms with E-state index in [1.807, 2.05) is 74.5 Å². The molecule has 0 saturated carbocycles. The molecule has 2 N–H and O–H groups in total. The van der Waals surface area contributed by atoms with E-state index in [9.17, 15) is 4.79 Å². The zero-order chi connectivity index (χ0) is 20.8. The van der Waals surface area contributed by atoms with Crippen molar-refractivity contribution in [2.24, 2.45) is 0 Å². The SMILES string of the molecule is Cc1ccc(NC(=O)COc2ccc(Br)cc2CNc2ccc(C)c(Cl)c2)cc1. The van der Waals surface area contributed by atoms with Crippen molar-refractivity contribution in [1.82, 2.24) is 0 Å². The molecule has 0 fully saturated rings. The molecule has 0 heterocycles. The molecule has 0 aliphatic heterocycles. The summed E-state index contributed by atoms with van der Waals surface area (Å²) in [4.78, 5) is 12.2. The molecular weight excluding hydrogens is 452 g/mol. The van der Waals surface area contributed by atoms with Crippen LogP contribution in [-0.2, 0) is 11.3 Å². The third kappa shape index (κ3) is 6.24. The summed E-state index contributed by atoms with van der Waals surface area (Å²) in [5, 5.41) is 6.90. The van der Waals surface area contributed by atoms with Crippen molar-refractivity contribution in [1.29, 1.82) is 0 Å². The molecule has 0 spiro atoms. The summed E-state index contributed by atoms with van der Waals surface area (Å²) in [5.41, 5.74) is 4.77. The summed E-state index contributed by atoms with van der Waals surface area (Å²) in [6, 6.07) is 19.2. The van der Waals surface area contributed by atoms with Crippen molar-refractivity contribution >= 4 is 44.8 Å². The molecule has 0 atom stereocenters. The first-order valence-electron chi connectivity index (χ1n) is 9.18. The quantitative estimate of drug-likeness (QED) is 0.420. The molecule has 0 aliphatic rings. The number of anilines is 2. The Balaban J connectivity index is 1.62. The lowest BCUT2D eigenvalue weighted by Crippen LogP contribution is -2.20. The maximum atomic E-state index is 12.2. The zero-order valence-electron chi connectivity index (χ0n) is 16.3. The van der Waals surface area contributed by atoms with Gasteiger partial charge in [-0.25, -0.2) is 0 Å². The third-order valence-electron chi connectivity index (χ3n) is 4.37. The first-order valence-corrected chi connectivity index (χ1v) is 10.4. The van der Waals surface area contributed by atoms with Crippen molar-refractivity contribution in [2.75, 3.05) is 17.2 Å². The fourth-order valence-corrected chi connectivity index (χ4v) is 3.29. The molecule has 3 aromatic rings. The van der Waals surface area contributed by atoms with Crippen LogP contribution in [0.3, 0.4) is 0 Å². The molecule has 0 unspecified atom stereocenters. The maximum absolute atomic E-state index is 12.2. The number of carbonyl (C=O) groups is 1. The molecule has 1 amide bonds. The van der Waals surface area contributed by atoms with E-state index in [0.717, 1.165) is 32.5 Å². The second-order valence-electron chi connectivity index (χ2n) is 6.77. The number of nitrogens with one attached hydrogen (secondary N) is 2. The topological polar surface area (TPSA) is 50.4 Å². The number of aryl methyl sites for hydroxylation is 2. The number of ether oxygens (including phenoxy) is 1. The molecule has 4 nitrogen and oxygen atoms in total. The van der Waals surface area contributed by atoms with Gasteiger partial charge in [-0.3, -0.25) is 4.79 Å². The predicted molar refractivity (Wildman–Crippen MR) is 123 cm³/mol. The van der Waals surface area contributed by atoms with Gasteiger partial charge >= 0.3 is 0 Å². The Hall–Kier alpha value is -2.50. The van der Waals surface area contributed by atoms with Crippen molar-refractivity contribution in [3.05, 3.63) is 86.8 Å². The summed E-state index contributed by atoms with van der Waals surface area (Å²) < 4.78 is 6.72. The van der Waals surface area contributed by atoms with E-state index in [0.29, 0.717) is 17.3 Å². The van der Waals surface area contributed by atoms with E-state index in [2.05, 4.69) is 26.6 Å². The average molecular weight is 474 g/mol. The Kier molecular flexibility index (Phi) is 7.18. The van der Waals surface area contributed by atoms with Crippen LogP contribution < -0.4 is 15.4 Å². The van der Waals surface area contributed by atoms with Gasteiger partial charge in [0.25, 0.3) is 5.91 Å². The highest BCUT2D eigenvalue weighted by atomic mass is 79.9. The summed E-state index contributed by atoms with van der Waals surface area (Å²) in [6.45, 7) is 4.43. The molecule has 0 aliphatic carbocycles. The molecule has 0 radical (unpaired) electrons. The van der Waals surface area contributed by atoms with Crippen LogP contribution in [-0.4, -0.2) is 12.5 Å². The summed E-state index contributed by atoms with van der Waals surface area (Å²) in [5.74, 6) is 0.443. The average Bonchev–Trinajstić information content (AvgIpc) is 2.70. The van der Waals surface area contributed by atoms with Crippen LogP contribution in [0.2, 0.25) is 5.02 Å². The van der Waals surface area contributed by atoms with Crippen LogP contribution in [0.1, 0.15) is 16.7 Å². The van der Waals surface area contributed by atoms with Gasteiger partial charge in [0.15, 0.2) is 6.61 Å². The molecule has 0 aromatic heterocycles. The molecule has 3 rings (SSSR count). The second kappa shape index (κ2) is 9.81. The van der Waals surface area contributed by atoms with E-state index < -0.39 is 0 Å². The summed E-state index contributed by atoms with van der Waals surface area (Å²) in [6.07, 6.45) is 0. The number of hydrogen-bond donors (Lipinski definition) is 2.